The van der Waals surface area contributed by atoms with Crippen molar-refractivity contribution in [2.45, 2.75) is 65.0 Å². The molecule has 1 unspecified atom stereocenters. The first-order valence-corrected chi connectivity index (χ1v) is 7.49. The Morgan fingerprint density at radius 2 is 1.70 bits per heavy atom. The van der Waals surface area contributed by atoms with Gasteiger partial charge in [-0.1, -0.05) is 0 Å². The second-order valence-corrected chi connectivity index (χ2v) is 7.19. The minimum atomic E-state index is -0.545. The van der Waals surface area contributed by atoms with Crippen molar-refractivity contribution in [3.05, 3.63) is 0 Å². The van der Waals surface area contributed by atoms with Gasteiger partial charge in [0.05, 0.1) is 0 Å². The number of nitrogens with zero attached hydrogens (tertiary/aromatic N) is 1. The summed E-state index contributed by atoms with van der Waals surface area (Å²) in [6.45, 7) is 8.77. The molecule has 0 aromatic carbocycles. The fraction of sp³-hybridized carbons (Fsp3) is 0.867. The molecule has 114 valence electrons. The van der Waals surface area contributed by atoms with Crippen LogP contribution in [0.5, 0.6) is 0 Å². The van der Waals surface area contributed by atoms with Gasteiger partial charge in [0.2, 0.25) is 5.91 Å². The zero-order valence-electron chi connectivity index (χ0n) is 13.0. The maximum Gasteiger partial charge on any atom is 0.408 e. The Morgan fingerprint density at radius 1 is 1.15 bits per heavy atom. The summed E-state index contributed by atoms with van der Waals surface area (Å²) in [6.07, 6.45) is 4.33. The second kappa shape index (κ2) is 5.26. The Balaban J connectivity index is 1.78. The van der Waals surface area contributed by atoms with Gasteiger partial charge in [-0.25, -0.2) is 4.79 Å². The number of alkyl carbamates (subject to hydrolysis) is 1. The summed E-state index contributed by atoms with van der Waals surface area (Å²) in [6, 6.07) is -0.530. The van der Waals surface area contributed by atoms with Gasteiger partial charge in [-0.05, 0) is 58.8 Å². The van der Waals surface area contributed by atoms with Crippen LogP contribution in [0.1, 0.15) is 53.4 Å². The molecule has 1 heterocycles. The van der Waals surface area contributed by atoms with E-state index in [1.807, 2.05) is 4.90 Å². The summed E-state index contributed by atoms with van der Waals surface area (Å²) in [5.74, 6) is -0.00800. The minimum absolute atomic E-state index is 0.00800. The molecule has 2 aliphatic rings. The number of ether oxygens (including phenoxy) is 1. The third-order valence-electron chi connectivity index (χ3n) is 4.20. The van der Waals surface area contributed by atoms with Gasteiger partial charge in [0.1, 0.15) is 11.6 Å². The van der Waals surface area contributed by atoms with Crippen molar-refractivity contribution < 1.29 is 14.3 Å². The summed E-state index contributed by atoms with van der Waals surface area (Å²) < 4.78 is 5.17. The number of carbonyl (C=O) groups excluding carboxylic acids is 2. The van der Waals surface area contributed by atoms with Crippen LogP contribution in [0, 0.1) is 5.41 Å². The standard InChI is InChI=1S/C15H26N2O3/c1-11(16-13(19)20-14(2,3)4)12(18)17-9-7-15(5-6-15)8-10-17/h11H,5-10H2,1-4H3,(H,16,19). The van der Waals surface area contributed by atoms with Gasteiger partial charge in [0, 0.05) is 13.1 Å². The molecule has 0 radical (unpaired) electrons. The van der Waals surface area contributed by atoms with E-state index in [1.54, 1.807) is 27.7 Å². The van der Waals surface area contributed by atoms with Crippen LogP contribution in [0.25, 0.3) is 0 Å². The fourth-order valence-corrected chi connectivity index (χ4v) is 2.70. The van der Waals surface area contributed by atoms with Crippen LogP contribution in [0.2, 0.25) is 0 Å². The number of amides is 2. The van der Waals surface area contributed by atoms with Crippen LogP contribution in [0.15, 0.2) is 0 Å². The summed E-state index contributed by atoms with van der Waals surface area (Å²) in [4.78, 5) is 25.8. The smallest absolute Gasteiger partial charge is 0.408 e. The van der Waals surface area contributed by atoms with Crippen molar-refractivity contribution >= 4 is 12.0 Å². The predicted molar refractivity (Wildman–Crippen MR) is 76.3 cm³/mol. The number of rotatable bonds is 2. The van der Waals surface area contributed by atoms with E-state index in [0.29, 0.717) is 5.41 Å². The lowest BCUT2D eigenvalue weighted by Crippen LogP contribution is -2.50. The SMILES string of the molecule is CC(NC(=O)OC(C)(C)C)C(=O)N1CCC2(CC1)CC2. The van der Waals surface area contributed by atoms with E-state index in [-0.39, 0.29) is 5.91 Å². The van der Waals surface area contributed by atoms with E-state index in [4.69, 9.17) is 4.74 Å². The number of carbonyl (C=O) groups is 2. The van der Waals surface area contributed by atoms with Gasteiger partial charge < -0.3 is 15.0 Å². The van der Waals surface area contributed by atoms with Crippen LogP contribution in [-0.2, 0) is 9.53 Å². The molecule has 2 amide bonds. The van der Waals surface area contributed by atoms with Crippen LogP contribution in [0.3, 0.4) is 0 Å². The zero-order chi connectivity index (χ0) is 15.0. The highest BCUT2D eigenvalue weighted by Gasteiger charge is 2.45. The molecule has 20 heavy (non-hydrogen) atoms. The number of likely N-dealkylation sites (tertiary alicyclic amines) is 1. The molecule has 5 nitrogen and oxygen atoms in total. The molecule has 1 aliphatic heterocycles. The highest BCUT2D eigenvalue weighted by atomic mass is 16.6. The first-order valence-electron chi connectivity index (χ1n) is 7.49. The molecule has 5 heteroatoms. The van der Waals surface area contributed by atoms with Gasteiger partial charge in [0.15, 0.2) is 0 Å². The Labute approximate surface area is 121 Å². The number of hydrogen-bond acceptors (Lipinski definition) is 3. The van der Waals surface area contributed by atoms with Crippen LogP contribution in [0.4, 0.5) is 4.79 Å². The van der Waals surface area contributed by atoms with Gasteiger partial charge in [0.25, 0.3) is 0 Å². The summed E-state index contributed by atoms with van der Waals surface area (Å²) in [5, 5.41) is 2.62. The third-order valence-corrected chi connectivity index (χ3v) is 4.20. The fourth-order valence-electron chi connectivity index (χ4n) is 2.70. The lowest BCUT2D eigenvalue weighted by atomic mass is 9.93. The Bertz CT molecular complexity index is 386. The van der Waals surface area contributed by atoms with Crippen molar-refractivity contribution in [1.82, 2.24) is 10.2 Å². The molecule has 0 bridgehead atoms. The molecule has 2 fully saturated rings. The largest absolute Gasteiger partial charge is 0.444 e. The molecule has 0 aromatic rings. The zero-order valence-corrected chi connectivity index (χ0v) is 13.0. The average molecular weight is 282 g/mol. The molecule has 1 atom stereocenters. The molecule has 1 spiro atoms. The predicted octanol–water partition coefficient (Wildman–Crippen LogP) is 2.30. The highest BCUT2D eigenvalue weighted by Crippen LogP contribution is 2.53. The third kappa shape index (κ3) is 3.87. The average Bonchev–Trinajstić information content (AvgIpc) is 3.06. The summed E-state index contributed by atoms with van der Waals surface area (Å²) in [7, 11) is 0. The summed E-state index contributed by atoms with van der Waals surface area (Å²) >= 11 is 0. The van der Waals surface area contributed by atoms with E-state index in [1.165, 1.54) is 12.8 Å². The Kier molecular flexibility index (Phi) is 3.98. The van der Waals surface area contributed by atoms with E-state index < -0.39 is 17.7 Å². The Morgan fingerprint density at radius 3 is 2.15 bits per heavy atom. The monoisotopic (exact) mass is 282 g/mol. The van der Waals surface area contributed by atoms with Crippen molar-refractivity contribution in [3.8, 4) is 0 Å². The first kappa shape index (κ1) is 15.1. The van der Waals surface area contributed by atoms with Crippen molar-refractivity contribution in [2.24, 2.45) is 5.41 Å². The molecular weight excluding hydrogens is 256 g/mol. The van der Waals surface area contributed by atoms with E-state index >= 15 is 0 Å². The van der Waals surface area contributed by atoms with Crippen LogP contribution >= 0.6 is 0 Å². The number of piperidine rings is 1. The molecule has 2 rings (SSSR count). The van der Waals surface area contributed by atoms with Crippen molar-refractivity contribution in [3.63, 3.8) is 0 Å². The van der Waals surface area contributed by atoms with Crippen LogP contribution < -0.4 is 5.32 Å². The molecule has 0 aromatic heterocycles. The second-order valence-electron chi connectivity index (χ2n) is 7.19. The highest BCUT2D eigenvalue weighted by molar-refractivity contribution is 5.85. The quantitative estimate of drug-likeness (QED) is 0.845. The minimum Gasteiger partial charge on any atom is -0.444 e. The number of nitrogens with one attached hydrogen (secondary N) is 1. The van der Waals surface area contributed by atoms with E-state index in [0.717, 1.165) is 25.9 Å². The molecule has 1 N–H and O–H groups in total. The van der Waals surface area contributed by atoms with Gasteiger partial charge in [-0.3, -0.25) is 4.79 Å². The normalized spacial score (nSPS) is 22.3. The van der Waals surface area contributed by atoms with E-state index in [2.05, 4.69) is 5.32 Å². The summed E-state index contributed by atoms with van der Waals surface area (Å²) in [5.41, 5.74) is 0.00887. The van der Waals surface area contributed by atoms with Gasteiger partial charge in [-0.15, -0.1) is 0 Å². The van der Waals surface area contributed by atoms with Gasteiger partial charge in [-0.2, -0.15) is 0 Å². The lowest BCUT2D eigenvalue weighted by Gasteiger charge is -2.34. The Hall–Kier alpha value is -1.26. The maximum absolute atomic E-state index is 12.3. The molecule has 1 aliphatic carbocycles. The van der Waals surface area contributed by atoms with Crippen molar-refractivity contribution in [1.29, 1.82) is 0 Å². The number of hydrogen-bond donors (Lipinski definition) is 1. The topological polar surface area (TPSA) is 58.6 Å². The molecule has 1 saturated heterocycles. The first-order chi connectivity index (χ1) is 9.21. The molecule has 1 saturated carbocycles. The maximum atomic E-state index is 12.3. The van der Waals surface area contributed by atoms with E-state index in [9.17, 15) is 9.59 Å². The van der Waals surface area contributed by atoms with Crippen molar-refractivity contribution in [2.75, 3.05) is 13.1 Å². The molecular formula is C15H26N2O3. The lowest BCUT2D eigenvalue weighted by molar-refractivity contribution is -0.134. The van der Waals surface area contributed by atoms with Crippen LogP contribution in [-0.4, -0.2) is 41.6 Å². The van der Waals surface area contributed by atoms with Gasteiger partial charge >= 0.3 is 6.09 Å².